The van der Waals surface area contributed by atoms with Gasteiger partial charge >= 0.3 is 0 Å². The van der Waals surface area contributed by atoms with Crippen molar-refractivity contribution in [1.29, 1.82) is 0 Å². The van der Waals surface area contributed by atoms with Gasteiger partial charge in [-0.25, -0.2) is 0 Å². The van der Waals surface area contributed by atoms with E-state index in [-0.39, 0.29) is 0 Å². The highest BCUT2D eigenvalue weighted by atomic mass is 32.1. The van der Waals surface area contributed by atoms with E-state index in [1.54, 1.807) is 11.3 Å². The SMILES string of the molecule is CCNC(c1cscc1C)C1CCCc2cccnc21. The molecule has 0 fully saturated rings. The van der Waals surface area contributed by atoms with E-state index in [1.807, 2.05) is 6.20 Å². The maximum absolute atomic E-state index is 4.71. The first-order valence-electron chi connectivity index (χ1n) is 7.51. The van der Waals surface area contributed by atoms with E-state index >= 15 is 0 Å². The molecule has 1 aliphatic rings. The van der Waals surface area contributed by atoms with Gasteiger partial charge in [-0.05, 0) is 66.2 Å². The van der Waals surface area contributed by atoms with Crippen LogP contribution in [-0.4, -0.2) is 11.5 Å². The smallest absolute Gasteiger partial charge is 0.0485 e. The summed E-state index contributed by atoms with van der Waals surface area (Å²) in [7, 11) is 0. The van der Waals surface area contributed by atoms with Gasteiger partial charge in [0, 0.05) is 23.9 Å². The van der Waals surface area contributed by atoms with Crippen molar-refractivity contribution in [2.75, 3.05) is 6.54 Å². The van der Waals surface area contributed by atoms with E-state index in [1.165, 1.54) is 41.6 Å². The Balaban J connectivity index is 1.99. The summed E-state index contributed by atoms with van der Waals surface area (Å²) < 4.78 is 0. The summed E-state index contributed by atoms with van der Waals surface area (Å²) in [4.78, 5) is 4.71. The predicted octanol–water partition coefficient (Wildman–Crippen LogP) is 4.22. The molecular formula is C17H22N2S. The molecule has 3 rings (SSSR count). The summed E-state index contributed by atoms with van der Waals surface area (Å²) in [6, 6.07) is 4.72. The van der Waals surface area contributed by atoms with Crippen LogP contribution < -0.4 is 5.32 Å². The molecule has 3 heteroatoms. The zero-order valence-corrected chi connectivity index (χ0v) is 13.0. The first-order valence-corrected chi connectivity index (χ1v) is 8.45. The van der Waals surface area contributed by atoms with Gasteiger partial charge in [0.25, 0.3) is 0 Å². The van der Waals surface area contributed by atoms with Gasteiger partial charge in [-0.15, -0.1) is 0 Å². The molecule has 0 saturated carbocycles. The number of likely N-dealkylation sites (N-methyl/N-ethyl adjacent to an activating group) is 1. The zero-order chi connectivity index (χ0) is 13.9. The second-order valence-corrected chi connectivity index (χ2v) is 6.34. The quantitative estimate of drug-likeness (QED) is 0.910. The molecule has 2 nitrogen and oxygen atoms in total. The number of nitrogens with one attached hydrogen (secondary N) is 1. The Kier molecular flexibility index (Phi) is 4.18. The van der Waals surface area contributed by atoms with Crippen LogP contribution >= 0.6 is 11.3 Å². The number of rotatable bonds is 4. The first-order chi connectivity index (χ1) is 9.81. The third kappa shape index (κ3) is 2.52. The molecule has 0 aliphatic heterocycles. The molecule has 0 radical (unpaired) electrons. The molecule has 0 saturated heterocycles. The maximum atomic E-state index is 4.71. The predicted molar refractivity (Wildman–Crippen MR) is 85.4 cm³/mol. The molecule has 20 heavy (non-hydrogen) atoms. The third-order valence-corrected chi connectivity index (χ3v) is 5.17. The minimum Gasteiger partial charge on any atom is -0.310 e. The Morgan fingerprint density at radius 1 is 1.45 bits per heavy atom. The van der Waals surface area contributed by atoms with Crippen LogP contribution in [0.15, 0.2) is 29.1 Å². The average Bonchev–Trinajstić information content (AvgIpc) is 2.90. The number of hydrogen-bond donors (Lipinski definition) is 1. The van der Waals surface area contributed by atoms with E-state index in [2.05, 4.69) is 42.1 Å². The topological polar surface area (TPSA) is 24.9 Å². The number of aromatic nitrogens is 1. The van der Waals surface area contributed by atoms with Gasteiger partial charge in [0.05, 0.1) is 0 Å². The minimum absolute atomic E-state index is 0.403. The summed E-state index contributed by atoms with van der Waals surface area (Å²) >= 11 is 1.81. The Labute approximate surface area is 125 Å². The van der Waals surface area contributed by atoms with Gasteiger partial charge < -0.3 is 5.32 Å². The van der Waals surface area contributed by atoms with Crippen molar-refractivity contribution in [2.24, 2.45) is 0 Å². The molecule has 0 amide bonds. The normalized spacial score (nSPS) is 19.6. The summed E-state index contributed by atoms with van der Waals surface area (Å²) in [5, 5.41) is 8.26. The Hall–Kier alpha value is -1.19. The number of nitrogens with zero attached hydrogens (tertiary/aromatic N) is 1. The van der Waals surface area contributed by atoms with Crippen molar-refractivity contribution in [1.82, 2.24) is 10.3 Å². The van der Waals surface area contributed by atoms with Gasteiger partial charge in [-0.1, -0.05) is 13.0 Å². The second kappa shape index (κ2) is 6.06. The lowest BCUT2D eigenvalue weighted by atomic mass is 9.79. The summed E-state index contributed by atoms with van der Waals surface area (Å²) in [6.07, 6.45) is 5.63. The van der Waals surface area contributed by atoms with Crippen molar-refractivity contribution in [3.05, 3.63) is 51.5 Å². The standard InChI is InChI=1S/C17H22N2S/c1-3-18-17(15-11-20-10-12(15)2)14-8-4-6-13-7-5-9-19-16(13)14/h5,7,9-11,14,17-18H,3-4,6,8H2,1-2H3. The minimum atomic E-state index is 0.403. The molecule has 1 aliphatic carbocycles. The van der Waals surface area contributed by atoms with E-state index in [0.29, 0.717) is 12.0 Å². The molecule has 2 heterocycles. The lowest BCUT2D eigenvalue weighted by molar-refractivity contribution is 0.400. The van der Waals surface area contributed by atoms with Gasteiger partial charge in [0.15, 0.2) is 0 Å². The van der Waals surface area contributed by atoms with Crippen LogP contribution in [0.1, 0.15) is 54.1 Å². The van der Waals surface area contributed by atoms with Gasteiger partial charge in [0.2, 0.25) is 0 Å². The number of thiophene rings is 1. The van der Waals surface area contributed by atoms with Crippen molar-refractivity contribution in [3.63, 3.8) is 0 Å². The Morgan fingerprint density at radius 3 is 3.10 bits per heavy atom. The lowest BCUT2D eigenvalue weighted by Crippen LogP contribution is -2.30. The Morgan fingerprint density at radius 2 is 2.35 bits per heavy atom. The molecule has 2 unspecified atom stereocenters. The first kappa shape index (κ1) is 13.8. The van der Waals surface area contributed by atoms with E-state index in [0.717, 1.165) is 6.54 Å². The van der Waals surface area contributed by atoms with Gasteiger partial charge in [-0.2, -0.15) is 11.3 Å². The van der Waals surface area contributed by atoms with Crippen LogP contribution in [0.25, 0.3) is 0 Å². The molecule has 0 bridgehead atoms. The largest absolute Gasteiger partial charge is 0.310 e. The van der Waals surface area contributed by atoms with Crippen molar-refractivity contribution < 1.29 is 0 Å². The fourth-order valence-electron chi connectivity index (χ4n) is 3.35. The van der Waals surface area contributed by atoms with Crippen molar-refractivity contribution in [3.8, 4) is 0 Å². The molecular weight excluding hydrogens is 264 g/mol. The molecule has 1 N–H and O–H groups in total. The highest BCUT2D eigenvalue weighted by Gasteiger charge is 2.30. The van der Waals surface area contributed by atoms with Crippen molar-refractivity contribution in [2.45, 2.75) is 45.1 Å². The Bertz CT molecular complexity index is 576. The fraction of sp³-hybridized carbons (Fsp3) is 0.471. The lowest BCUT2D eigenvalue weighted by Gasteiger charge is -2.32. The average molecular weight is 286 g/mol. The van der Waals surface area contributed by atoms with Crippen LogP contribution in [0.2, 0.25) is 0 Å². The third-order valence-electron chi connectivity index (χ3n) is 4.30. The molecule has 2 aromatic heterocycles. The van der Waals surface area contributed by atoms with Crippen LogP contribution in [0.5, 0.6) is 0 Å². The second-order valence-electron chi connectivity index (χ2n) is 5.59. The van der Waals surface area contributed by atoms with Crippen LogP contribution in [-0.2, 0) is 6.42 Å². The van der Waals surface area contributed by atoms with Crippen LogP contribution in [0, 0.1) is 6.92 Å². The van der Waals surface area contributed by atoms with Gasteiger partial charge in [-0.3, -0.25) is 4.98 Å². The summed E-state index contributed by atoms with van der Waals surface area (Å²) in [6.45, 7) is 5.41. The fourth-order valence-corrected chi connectivity index (χ4v) is 4.23. The van der Waals surface area contributed by atoms with E-state index < -0.39 is 0 Å². The molecule has 0 aromatic carbocycles. The number of pyridine rings is 1. The molecule has 2 aromatic rings. The zero-order valence-electron chi connectivity index (χ0n) is 12.2. The highest BCUT2D eigenvalue weighted by molar-refractivity contribution is 7.08. The number of fused-ring (bicyclic) bond motifs is 1. The van der Waals surface area contributed by atoms with Crippen LogP contribution in [0.3, 0.4) is 0 Å². The highest BCUT2D eigenvalue weighted by Crippen LogP contribution is 2.40. The van der Waals surface area contributed by atoms with Gasteiger partial charge in [0.1, 0.15) is 0 Å². The maximum Gasteiger partial charge on any atom is 0.0485 e. The summed E-state index contributed by atoms with van der Waals surface area (Å²) in [5.74, 6) is 0.508. The van der Waals surface area contributed by atoms with Crippen molar-refractivity contribution >= 4 is 11.3 Å². The molecule has 0 spiro atoms. The molecule has 106 valence electrons. The number of aryl methyl sites for hydroxylation is 2. The monoisotopic (exact) mass is 286 g/mol. The van der Waals surface area contributed by atoms with E-state index in [9.17, 15) is 0 Å². The van der Waals surface area contributed by atoms with Crippen LogP contribution in [0.4, 0.5) is 0 Å². The van der Waals surface area contributed by atoms with E-state index in [4.69, 9.17) is 4.98 Å². The number of hydrogen-bond acceptors (Lipinski definition) is 3. The summed E-state index contributed by atoms with van der Waals surface area (Å²) in [5.41, 5.74) is 5.62. The molecule has 2 atom stereocenters.